The second-order valence-corrected chi connectivity index (χ2v) is 5.53. The van der Waals surface area contributed by atoms with Crippen molar-refractivity contribution in [3.63, 3.8) is 0 Å². The van der Waals surface area contributed by atoms with Gasteiger partial charge in [-0.25, -0.2) is 0 Å². The molecule has 0 bridgehead atoms. The number of hydrogen-bond donors (Lipinski definition) is 1. The van der Waals surface area contributed by atoms with Gasteiger partial charge in [-0.3, -0.25) is 0 Å². The molecule has 0 fully saturated rings. The number of nitrogens with one attached hydrogen (secondary N) is 1. The predicted molar refractivity (Wildman–Crippen MR) is 68.3 cm³/mol. The summed E-state index contributed by atoms with van der Waals surface area (Å²) in [7, 11) is 0. The molecule has 0 saturated carbocycles. The second kappa shape index (κ2) is 5.34. The van der Waals surface area contributed by atoms with Crippen LogP contribution in [-0.2, 0) is 0 Å². The van der Waals surface area contributed by atoms with Gasteiger partial charge in [-0.2, -0.15) is 0 Å². The maximum atomic E-state index is 5.29. The van der Waals surface area contributed by atoms with E-state index in [1.165, 1.54) is 15.3 Å². The van der Waals surface area contributed by atoms with Crippen molar-refractivity contribution >= 4 is 11.3 Å². The fourth-order valence-electron chi connectivity index (χ4n) is 1.83. The van der Waals surface area contributed by atoms with Crippen LogP contribution >= 0.6 is 11.3 Å². The number of hydrogen-bond acceptors (Lipinski definition) is 2. The van der Waals surface area contributed by atoms with E-state index in [4.69, 9.17) is 6.42 Å². The summed E-state index contributed by atoms with van der Waals surface area (Å²) in [4.78, 5) is 2.78. The fraction of sp³-hybridized carbons (Fsp3) is 0.538. The monoisotopic (exact) mass is 221 g/mol. The molecule has 0 radical (unpaired) electrons. The number of aryl methyl sites for hydroxylation is 2. The highest BCUT2D eigenvalue weighted by atomic mass is 32.1. The first-order valence-corrected chi connectivity index (χ1v) is 6.12. The first-order chi connectivity index (χ1) is 7.04. The maximum absolute atomic E-state index is 5.29. The molecule has 2 heteroatoms. The van der Waals surface area contributed by atoms with E-state index in [1.807, 2.05) is 11.3 Å². The lowest BCUT2D eigenvalue weighted by Gasteiger charge is -2.18. The number of thiophene rings is 1. The van der Waals surface area contributed by atoms with Gasteiger partial charge in [0.2, 0.25) is 0 Å². The molecular weight excluding hydrogens is 202 g/mol. The van der Waals surface area contributed by atoms with Crippen molar-refractivity contribution < 1.29 is 0 Å². The van der Waals surface area contributed by atoms with E-state index in [0.717, 1.165) is 6.42 Å². The lowest BCUT2D eigenvalue weighted by molar-refractivity contribution is 0.486. The molecule has 0 aliphatic rings. The summed E-state index contributed by atoms with van der Waals surface area (Å²) in [5.41, 5.74) is 1.40. The highest BCUT2D eigenvalue weighted by Crippen LogP contribution is 2.26. The van der Waals surface area contributed by atoms with E-state index in [1.54, 1.807) is 0 Å². The minimum atomic E-state index is 0.379. The third-order valence-corrected chi connectivity index (χ3v) is 3.49. The Morgan fingerprint density at radius 3 is 2.60 bits per heavy atom. The maximum Gasteiger partial charge on any atom is 0.0305 e. The average Bonchev–Trinajstić information content (AvgIpc) is 2.45. The van der Waals surface area contributed by atoms with Crippen LogP contribution in [0.5, 0.6) is 0 Å². The van der Waals surface area contributed by atoms with Crippen molar-refractivity contribution in [2.75, 3.05) is 0 Å². The minimum absolute atomic E-state index is 0.379. The molecule has 0 aliphatic heterocycles. The Bertz CT molecular complexity index is 359. The Morgan fingerprint density at radius 2 is 2.13 bits per heavy atom. The summed E-state index contributed by atoms with van der Waals surface area (Å²) < 4.78 is 0. The molecule has 1 nitrogen and oxygen atoms in total. The van der Waals surface area contributed by atoms with Gasteiger partial charge >= 0.3 is 0 Å². The Kier molecular flexibility index (Phi) is 4.38. The molecule has 1 aromatic heterocycles. The number of rotatable bonds is 4. The largest absolute Gasteiger partial charge is 0.307 e. The normalized spacial score (nSPS) is 14.6. The van der Waals surface area contributed by atoms with Crippen molar-refractivity contribution in [3.8, 4) is 12.3 Å². The molecule has 0 amide bonds. The molecule has 0 aliphatic carbocycles. The molecular formula is C13H19NS. The summed E-state index contributed by atoms with van der Waals surface area (Å²) in [6.45, 7) is 8.65. The molecule has 0 spiro atoms. The standard InChI is InChI=1S/C13H19NS/c1-6-7-9(2)14-11(4)13-8-10(3)15-12(13)5/h1,8-9,11,14H,7H2,2-5H3. The van der Waals surface area contributed by atoms with Crippen molar-refractivity contribution in [2.24, 2.45) is 0 Å². The molecule has 2 atom stereocenters. The van der Waals surface area contributed by atoms with Crippen LogP contribution in [0.1, 0.15) is 41.6 Å². The quantitative estimate of drug-likeness (QED) is 0.768. The van der Waals surface area contributed by atoms with Gasteiger partial charge in [0, 0.05) is 28.3 Å². The van der Waals surface area contributed by atoms with E-state index < -0.39 is 0 Å². The van der Waals surface area contributed by atoms with E-state index >= 15 is 0 Å². The van der Waals surface area contributed by atoms with E-state index in [-0.39, 0.29) is 0 Å². The van der Waals surface area contributed by atoms with Crippen LogP contribution in [-0.4, -0.2) is 6.04 Å². The van der Waals surface area contributed by atoms with Crippen LogP contribution in [0.15, 0.2) is 6.07 Å². The third-order valence-electron chi connectivity index (χ3n) is 2.50. The van der Waals surface area contributed by atoms with Crippen molar-refractivity contribution in [2.45, 2.75) is 46.2 Å². The predicted octanol–water partition coefficient (Wildman–Crippen LogP) is 3.43. The topological polar surface area (TPSA) is 12.0 Å². The van der Waals surface area contributed by atoms with E-state index in [2.05, 4.69) is 45.0 Å². The van der Waals surface area contributed by atoms with Crippen LogP contribution < -0.4 is 5.32 Å². The van der Waals surface area contributed by atoms with E-state index in [9.17, 15) is 0 Å². The van der Waals surface area contributed by atoms with Crippen LogP contribution in [0.3, 0.4) is 0 Å². The summed E-state index contributed by atoms with van der Waals surface area (Å²) in [6, 6.07) is 3.03. The lowest BCUT2D eigenvalue weighted by Crippen LogP contribution is -2.28. The van der Waals surface area contributed by atoms with Crippen molar-refractivity contribution in [1.82, 2.24) is 5.32 Å². The van der Waals surface area contributed by atoms with Gasteiger partial charge in [0.1, 0.15) is 0 Å². The Morgan fingerprint density at radius 1 is 1.47 bits per heavy atom. The molecule has 2 unspecified atom stereocenters. The summed E-state index contributed by atoms with van der Waals surface area (Å²) in [5, 5.41) is 3.52. The van der Waals surface area contributed by atoms with Gasteiger partial charge in [-0.05, 0) is 39.3 Å². The average molecular weight is 221 g/mol. The van der Waals surface area contributed by atoms with Crippen LogP contribution in [0, 0.1) is 26.2 Å². The zero-order valence-corrected chi connectivity index (χ0v) is 10.7. The lowest BCUT2D eigenvalue weighted by atomic mass is 10.1. The van der Waals surface area contributed by atoms with E-state index in [0.29, 0.717) is 12.1 Å². The zero-order valence-electron chi connectivity index (χ0n) is 9.92. The zero-order chi connectivity index (χ0) is 11.4. The van der Waals surface area contributed by atoms with Gasteiger partial charge in [0.25, 0.3) is 0 Å². The third kappa shape index (κ3) is 3.37. The summed E-state index contributed by atoms with van der Waals surface area (Å²) in [5.74, 6) is 2.68. The number of terminal acetylenes is 1. The molecule has 1 aromatic rings. The van der Waals surface area contributed by atoms with Crippen molar-refractivity contribution in [1.29, 1.82) is 0 Å². The molecule has 1 N–H and O–H groups in total. The fourth-order valence-corrected chi connectivity index (χ4v) is 2.86. The Labute approximate surface area is 96.9 Å². The Balaban J connectivity index is 2.65. The van der Waals surface area contributed by atoms with Gasteiger partial charge < -0.3 is 5.32 Å². The molecule has 1 rings (SSSR count). The van der Waals surface area contributed by atoms with Crippen molar-refractivity contribution in [3.05, 3.63) is 21.4 Å². The highest BCUT2D eigenvalue weighted by molar-refractivity contribution is 7.12. The van der Waals surface area contributed by atoms with Gasteiger partial charge in [-0.15, -0.1) is 23.7 Å². The van der Waals surface area contributed by atoms with Crippen LogP contribution in [0.25, 0.3) is 0 Å². The van der Waals surface area contributed by atoms with Gasteiger partial charge in [0.15, 0.2) is 0 Å². The highest BCUT2D eigenvalue weighted by Gasteiger charge is 2.12. The molecule has 1 heterocycles. The molecule has 82 valence electrons. The van der Waals surface area contributed by atoms with Crippen LogP contribution in [0.4, 0.5) is 0 Å². The SMILES string of the molecule is C#CCC(C)NC(C)c1cc(C)sc1C. The first-order valence-electron chi connectivity index (χ1n) is 5.31. The molecule has 0 aromatic carbocycles. The molecule has 0 saturated heterocycles. The first kappa shape index (κ1) is 12.3. The smallest absolute Gasteiger partial charge is 0.0305 e. The summed E-state index contributed by atoms with van der Waals surface area (Å²) >= 11 is 1.86. The molecule has 15 heavy (non-hydrogen) atoms. The van der Waals surface area contributed by atoms with Crippen LogP contribution in [0.2, 0.25) is 0 Å². The Hall–Kier alpha value is -0.780. The minimum Gasteiger partial charge on any atom is -0.307 e. The second-order valence-electron chi connectivity index (χ2n) is 4.07. The van der Waals surface area contributed by atoms with Gasteiger partial charge in [0.05, 0.1) is 0 Å². The summed E-state index contributed by atoms with van der Waals surface area (Å²) in [6.07, 6.45) is 6.07. The van der Waals surface area contributed by atoms with Gasteiger partial charge in [-0.1, -0.05) is 0 Å².